The first-order valence-electron chi connectivity index (χ1n) is 9.29. The van der Waals surface area contributed by atoms with Crippen LogP contribution >= 0.6 is 15.9 Å². The zero-order chi connectivity index (χ0) is 21.8. The summed E-state index contributed by atoms with van der Waals surface area (Å²) in [7, 11) is 0. The Hall–Kier alpha value is -3.00. The summed E-state index contributed by atoms with van der Waals surface area (Å²) in [4.78, 5) is 34.7. The van der Waals surface area contributed by atoms with Crippen molar-refractivity contribution in [1.29, 1.82) is 0 Å². The number of ketones is 1. The number of carbonyl (C=O) groups is 2. The Balaban J connectivity index is 1.96. The van der Waals surface area contributed by atoms with Crippen molar-refractivity contribution >= 4 is 44.3 Å². The number of halogens is 2. The standard InChI is InChI=1S/C22H19BrFN3O3/c1-22(2,3)20(29)17-18(13-8-11(23)4-6-14(13)24)27(21(30)19(17)28)12-5-7-15-16(9-12)26-10-25-15/h4-10,18,28H,1-3H3,(H,25,26)/t18-/m0/s1. The van der Waals surface area contributed by atoms with Crippen LogP contribution in [0.5, 0.6) is 0 Å². The number of nitrogens with zero attached hydrogens (tertiary/aromatic N) is 2. The van der Waals surface area contributed by atoms with E-state index in [-0.39, 0.29) is 11.1 Å². The molecule has 0 fully saturated rings. The predicted octanol–water partition coefficient (Wildman–Crippen LogP) is 4.98. The number of hydrogen-bond donors (Lipinski definition) is 2. The Morgan fingerprint density at radius 3 is 2.67 bits per heavy atom. The van der Waals surface area contributed by atoms with E-state index in [4.69, 9.17) is 0 Å². The second-order valence-corrected chi connectivity index (χ2v) is 9.10. The molecule has 2 N–H and O–H groups in total. The van der Waals surface area contributed by atoms with Crippen LogP contribution in [-0.4, -0.2) is 26.8 Å². The first-order chi connectivity index (χ1) is 14.1. The number of aromatic amines is 1. The molecule has 0 saturated heterocycles. The van der Waals surface area contributed by atoms with Gasteiger partial charge in [-0.3, -0.25) is 14.5 Å². The number of rotatable bonds is 3. The second kappa shape index (κ2) is 7.05. The number of anilines is 1. The maximum Gasteiger partial charge on any atom is 0.294 e. The zero-order valence-electron chi connectivity index (χ0n) is 16.5. The molecule has 1 aromatic heterocycles. The lowest BCUT2D eigenvalue weighted by Gasteiger charge is -2.29. The third-order valence-corrected chi connectivity index (χ3v) is 5.56. The first-order valence-corrected chi connectivity index (χ1v) is 10.1. The van der Waals surface area contributed by atoms with Crippen molar-refractivity contribution in [2.24, 2.45) is 5.41 Å². The maximum absolute atomic E-state index is 14.9. The number of hydrogen-bond acceptors (Lipinski definition) is 4. The summed E-state index contributed by atoms with van der Waals surface area (Å²) in [5.41, 5.74) is 0.883. The van der Waals surface area contributed by atoms with E-state index in [0.717, 1.165) is 0 Å². The number of aromatic nitrogens is 2. The Morgan fingerprint density at radius 2 is 1.97 bits per heavy atom. The first kappa shape index (κ1) is 20.3. The fraction of sp³-hybridized carbons (Fsp3) is 0.227. The molecule has 1 atom stereocenters. The number of imidazole rings is 1. The molecule has 0 radical (unpaired) electrons. The Labute approximate surface area is 180 Å². The minimum absolute atomic E-state index is 0.110. The third kappa shape index (κ3) is 3.21. The number of fused-ring (bicyclic) bond motifs is 1. The van der Waals surface area contributed by atoms with E-state index in [1.54, 1.807) is 39.0 Å². The Kier molecular flexibility index (Phi) is 4.77. The van der Waals surface area contributed by atoms with E-state index >= 15 is 0 Å². The van der Waals surface area contributed by atoms with Crippen LogP contribution in [0.25, 0.3) is 11.0 Å². The van der Waals surface area contributed by atoms with Gasteiger partial charge in [-0.1, -0.05) is 36.7 Å². The number of H-pyrrole nitrogens is 1. The van der Waals surface area contributed by atoms with Gasteiger partial charge in [-0.25, -0.2) is 9.37 Å². The summed E-state index contributed by atoms with van der Waals surface area (Å²) < 4.78 is 15.5. The molecule has 0 spiro atoms. The van der Waals surface area contributed by atoms with E-state index in [1.165, 1.54) is 29.4 Å². The van der Waals surface area contributed by atoms with Crippen molar-refractivity contribution in [3.8, 4) is 0 Å². The van der Waals surface area contributed by atoms with Gasteiger partial charge in [0.25, 0.3) is 5.91 Å². The molecule has 1 aliphatic rings. The molecule has 8 heteroatoms. The van der Waals surface area contributed by atoms with Crippen LogP contribution in [0, 0.1) is 11.2 Å². The topological polar surface area (TPSA) is 86.3 Å². The van der Waals surface area contributed by atoms with Crippen molar-refractivity contribution in [2.75, 3.05) is 4.90 Å². The van der Waals surface area contributed by atoms with Gasteiger partial charge >= 0.3 is 0 Å². The van der Waals surface area contributed by atoms with Crippen molar-refractivity contribution in [1.82, 2.24) is 9.97 Å². The summed E-state index contributed by atoms with van der Waals surface area (Å²) in [6.45, 7) is 5.06. The van der Waals surface area contributed by atoms with Gasteiger partial charge in [0.15, 0.2) is 11.5 Å². The normalized spacial score (nSPS) is 17.3. The van der Waals surface area contributed by atoms with E-state index in [1.807, 2.05) is 0 Å². The number of benzene rings is 2. The SMILES string of the molecule is CC(C)(C)C(=O)C1=C(O)C(=O)N(c2ccc3nc[nH]c3c2)[C@H]1c1cc(Br)ccc1F. The maximum atomic E-state index is 14.9. The fourth-order valence-electron chi connectivity index (χ4n) is 3.60. The lowest BCUT2D eigenvalue weighted by atomic mass is 9.82. The van der Waals surface area contributed by atoms with Crippen LogP contribution < -0.4 is 4.90 Å². The molecule has 2 heterocycles. The number of amides is 1. The van der Waals surface area contributed by atoms with Gasteiger partial charge in [0, 0.05) is 21.1 Å². The molecular formula is C22H19BrFN3O3. The molecule has 3 aromatic rings. The average Bonchev–Trinajstić information content (AvgIpc) is 3.25. The average molecular weight is 472 g/mol. The molecule has 0 aliphatic carbocycles. The van der Waals surface area contributed by atoms with E-state index in [0.29, 0.717) is 21.2 Å². The highest BCUT2D eigenvalue weighted by molar-refractivity contribution is 9.10. The largest absolute Gasteiger partial charge is 0.503 e. The molecule has 154 valence electrons. The van der Waals surface area contributed by atoms with Gasteiger partial charge in [0.05, 0.1) is 29.0 Å². The number of aliphatic hydroxyl groups excluding tert-OH is 1. The van der Waals surface area contributed by atoms with Crippen LogP contribution in [-0.2, 0) is 9.59 Å². The lowest BCUT2D eigenvalue weighted by Crippen LogP contribution is -2.33. The number of Topliss-reactive ketones (excluding diaryl/α,β-unsaturated/α-hetero) is 1. The highest BCUT2D eigenvalue weighted by Gasteiger charge is 2.47. The molecule has 0 unspecified atom stereocenters. The van der Waals surface area contributed by atoms with E-state index in [9.17, 15) is 19.1 Å². The van der Waals surface area contributed by atoms with Crippen molar-refractivity contribution in [2.45, 2.75) is 26.8 Å². The van der Waals surface area contributed by atoms with Crippen molar-refractivity contribution in [3.63, 3.8) is 0 Å². The van der Waals surface area contributed by atoms with Crippen LogP contribution in [0.15, 0.2) is 58.5 Å². The van der Waals surface area contributed by atoms with Crippen LogP contribution in [0.1, 0.15) is 32.4 Å². The highest BCUT2D eigenvalue weighted by Crippen LogP contribution is 2.44. The van der Waals surface area contributed by atoms with Crippen molar-refractivity contribution < 1.29 is 19.1 Å². The monoisotopic (exact) mass is 471 g/mol. The Morgan fingerprint density at radius 1 is 1.23 bits per heavy atom. The molecule has 0 saturated carbocycles. The molecule has 1 amide bonds. The summed E-state index contributed by atoms with van der Waals surface area (Å²) in [5.74, 6) is -2.43. The molecule has 2 aromatic carbocycles. The second-order valence-electron chi connectivity index (χ2n) is 8.19. The summed E-state index contributed by atoms with van der Waals surface area (Å²) in [6.07, 6.45) is 1.52. The minimum Gasteiger partial charge on any atom is -0.503 e. The summed E-state index contributed by atoms with van der Waals surface area (Å²) >= 11 is 3.33. The number of carbonyl (C=O) groups excluding carboxylic acids is 2. The van der Waals surface area contributed by atoms with Crippen molar-refractivity contribution in [3.05, 3.63) is 69.9 Å². The van der Waals surface area contributed by atoms with Crippen LogP contribution in [0.2, 0.25) is 0 Å². The molecule has 6 nitrogen and oxygen atoms in total. The van der Waals surface area contributed by atoms with Gasteiger partial charge in [-0.2, -0.15) is 0 Å². The van der Waals surface area contributed by atoms with Gasteiger partial charge in [-0.15, -0.1) is 0 Å². The summed E-state index contributed by atoms with van der Waals surface area (Å²) in [5, 5.41) is 10.7. The quantitative estimate of drug-likeness (QED) is 0.563. The number of aliphatic hydroxyl groups is 1. The zero-order valence-corrected chi connectivity index (χ0v) is 18.1. The van der Waals surface area contributed by atoms with Crippen LogP contribution in [0.4, 0.5) is 10.1 Å². The highest BCUT2D eigenvalue weighted by atomic mass is 79.9. The Bertz CT molecular complexity index is 1230. The van der Waals surface area contributed by atoms with E-state index in [2.05, 4.69) is 25.9 Å². The predicted molar refractivity (Wildman–Crippen MR) is 115 cm³/mol. The fourth-order valence-corrected chi connectivity index (χ4v) is 3.98. The van der Waals surface area contributed by atoms with Gasteiger partial charge < -0.3 is 10.1 Å². The molecule has 1 aliphatic heterocycles. The molecule has 4 rings (SSSR count). The van der Waals surface area contributed by atoms with Gasteiger partial charge in [0.2, 0.25) is 0 Å². The molecular weight excluding hydrogens is 453 g/mol. The summed E-state index contributed by atoms with van der Waals surface area (Å²) in [6, 6.07) is 8.25. The third-order valence-electron chi connectivity index (χ3n) is 5.07. The van der Waals surface area contributed by atoms with E-state index < -0.39 is 34.7 Å². The van der Waals surface area contributed by atoms with Gasteiger partial charge in [-0.05, 0) is 36.4 Å². The smallest absolute Gasteiger partial charge is 0.294 e. The van der Waals surface area contributed by atoms with Crippen LogP contribution in [0.3, 0.4) is 0 Å². The number of nitrogens with one attached hydrogen (secondary N) is 1. The van der Waals surface area contributed by atoms with Gasteiger partial charge in [0.1, 0.15) is 5.82 Å². The molecule has 30 heavy (non-hydrogen) atoms. The molecule has 0 bridgehead atoms. The lowest BCUT2D eigenvalue weighted by molar-refractivity contribution is -0.123. The minimum atomic E-state index is -1.11.